The summed E-state index contributed by atoms with van der Waals surface area (Å²) >= 11 is 0. The number of nitrogens with zero attached hydrogens (tertiary/aromatic N) is 2. The predicted octanol–water partition coefficient (Wildman–Crippen LogP) is 0.725. The number of pyridine rings is 2. The summed E-state index contributed by atoms with van der Waals surface area (Å²) in [6, 6.07) is 6.87. The van der Waals surface area contributed by atoms with Gasteiger partial charge >= 0.3 is 0 Å². The molecule has 0 unspecified atom stereocenters. The highest BCUT2D eigenvalue weighted by Crippen LogP contribution is 2.02. The van der Waals surface area contributed by atoms with Crippen LogP contribution in [0.3, 0.4) is 0 Å². The fraction of sp³-hybridized carbons (Fsp3) is 0.0909. The van der Waals surface area contributed by atoms with E-state index in [4.69, 9.17) is 5.11 Å². The van der Waals surface area contributed by atoms with Gasteiger partial charge in [-0.05, 0) is 24.3 Å². The monoisotopic (exact) mass is 202 g/mol. The summed E-state index contributed by atoms with van der Waals surface area (Å²) in [6.07, 6.45) is 4.89. The standard InChI is InChI=1S/C11H10N2O2/c14-8-9-3-2-6-13(11(9)15)10-4-1-5-12-7-10/h1-7,14H,8H2. The number of aliphatic hydroxyl groups is 1. The first-order valence-electron chi connectivity index (χ1n) is 4.55. The lowest BCUT2D eigenvalue weighted by molar-refractivity contribution is 0.279. The summed E-state index contributed by atoms with van der Waals surface area (Å²) in [7, 11) is 0. The third-order valence-electron chi connectivity index (χ3n) is 2.12. The molecule has 0 aliphatic carbocycles. The summed E-state index contributed by atoms with van der Waals surface area (Å²) in [4.78, 5) is 15.7. The largest absolute Gasteiger partial charge is 0.391 e. The van der Waals surface area contributed by atoms with E-state index < -0.39 is 0 Å². The zero-order valence-corrected chi connectivity index (χ0v) is 8.00. The molecule has 4 nitrogen and oxygen atoms in total. The van der Waals surface area contributed by atoms with E-state index in [9.17, 15) is 4.79 Å². The van der Waals surface area contributed by atoms with E-state index in [2.05, 4.69) is 4.98 Å². The van der Waals surface area contributed by atoms with Crippen molar-refractivity contribution in [3.05, 3.63) is 58.8 Å². The molecule has 0 bridgehead atoms. The van der Waals surface area contributed by atoms with Crippen LogP contribution in [0, 0.1) is 0 Å². The van der Waals surface area contributed by atoms with Crippen LogP contribution < -0.4 is 5.56 Å². The Balaban J connectivity index is 2.60. The van der Waals surface area contributed by atoms with E-state index in [-0.39, 0.29) is 12.2 Å². The third kappa shape index (κ3) is 1.80. The quantitative estimate of drug-likeness (QED) is 0.780. The highest BCUT2D eigenvalue weighted by Gasteiger charge is 2.02. The molecule has 0 aromatic carbocycles. The molecule has 15 heavy (non-hydrogen) atoms. The maximum atomic E-state index is 11.8. The molecule has 76 valence electrons. The van der Waals surface area contributed by atoms with Crippen LogP contribution in [-0.2, 0) is 6.61 Å². The average molecular weight is 202 g/mol. The van der Waals surface area contributed by atoms with Crippen LogP contribution in [0.1, 0.15) is 5.56 Å². The molecule has 0 atom stereocenters. The average Bonchev–Trinajstić information content (AvgIpc) is 2.30. The zero-order valence-electron chi connectivity index (χ0n) is 8.00. The van der Waals surface area contributed by atoms with Crippen molar-refractivity contribution in [1.29, 1.82) is 0 Å². The van der Waals surface area contributed by atoms with E-state index in [0.29, 0.717) is 11.3 Å². The predicted molar refractivity (Wildman–Crippen MR) is 55.8 cm³/mol. The Bertz CT molecular complexity index is 505. The molecule has 4 heteroatoms. The number of hydrogen-bond acceptors (Lipinski definition) is 3. The summed E-state index contributed by atoms with van der Waals surface area (Å²) < 4.78 is 1.46. The smallest absolute Gasteiger partial charge is 0.260 e. The van der Waals surface area contributed by atoms with Crippen molar-refractivity contribution in [3.8, 4) is 5.69 Å². The van der Waals surface area contributed by atoms with Gasteiger partial charge in [-0.2, -0.15) is 0 Å². The second-order valence-electron chi connectivity index (χ2n) is 3.08. The lowest BCUT2D eigenvalue weighted by Gasteiger charge is -2.05. The summed E-state index contributed by atoms with van der Waals surface area (Å²) in [5, 5.41) is 8.96. The Kier molecular flexibility index (Phi) is 2.60. The number of aromatic nitrogens is 2. The molecule has 1 N–H and O–H groups in total. The molecule has 2 aromatic rings. The van der Waals surface area contributed by atoms with Gasteiger partial charge in [0.15, 0.2) is 0 Å². The van der Waals surface area contributed by atoms with Crippen molar-refractivity contribution in [1.82, 2.24) is 9.55 Å². The molecule has 0 saturated carbocycles. The van der Waals surface area contributed by atoms with Crippen molar-refractivity contribution in [2.45, 2.75) is 6.61 Å². The molecular weight excluding hydrogens is 192 g/mol. The van der Waals surface area contributed by atoms with Gasteiger partial charge < -0.3 is 5.11 Å². The van der Waals surface area contributed by atoms with Crippen LogP contribution in [0.5, 0.6) is 0 Å². The third-order valence-corrected chi connectivity index (χ3v) is 2.12. The first-order chi connectivity index (χ1) is 7.33. The van der Waals surface area contributed by atoms with Gasteiger partial charge in [0.1, 0.15) is 0 Å². The number of rotatable bonds is 2. The van der Waals surface area contributed by atoms with Gasteiger partial charge in [0.2, 0.25) is 0 Å². The van der Waals surface area contributed by atoms with Crippen LogP contribution in [0.4, 0.5) is 0 Å². The minimum absolute atomic E-state index is 0.215. The number of hydrogen-bond donors (Lipinski definition) is 1. The summed E-state index contributed by atoms with van der Waals surface area (Å²) in [5.74, 6) is 0. The molecule has 0 spiro atoms. The highest BCUT2D eigenvalue weighted by molar-refractivity contribution is 5.29. The Morgan fingerprint density at radius 3 is 2.87 bits per heavy atom. The molecular formula is C11H10N2O2. The SMILES string of the molecule is O=c1c(CO)cccn1-c1cccnc1. The van der Waals surface area contributed by atoms with E-state index >= 15 is 0 Å². The highest BCUT2D eigenvalue weighted by atomic mass is 16.3. The Morgan fingerprint density at radius 2 is 2.20 bits per heavy atom. The first kappa shape index (κ1) is 9.61. The van der Waals surface area contributed by atoms with E-state index in [1.165, 1.54) is 4.57 Å². The van der Waals surface area contributed by atoms with Gasteiger partial charge in [0, 0.05) is 18.0 Å². The van der Waals surface area contributed by atoms with Gasteiger partial charge in [-0.3, -0.25) is 14.3 Å². The molecule has 2 aromatic heterocycles. The Hall–Kier alpha value is -1.94. The minimum Gasteiger partial charge on any atom is -0.391 e. The normalized spacial score (nSPS) is 10.2. The second-order valence-corrected chi connectivity index (χ2v) is 3.08. The molecule has 0 aliphatic rings. The number of aliphatic hydroxyl groups excluding tert-OH is 1. The fourth-order valence-electron chi connectivity index (χ4n) is 1.36. The van der Waals surface area contributed by atoms with Gasteiger partial charge in [0.05, 0.1) is 18.5 Å². The molecule has 0 aliphatic heterocycles. The molecule has 2 rings (SSSR count). The van der Waals surface area contributed by atoms with Crippen LogP contribution >= 0.6 is 0 Å². The Morgan fingerprint density at radius 1 is 1.33 bits per heavy atom. The Labute approximate surface area is 86.5 Å². The molecule has 0 amide bonds. The van der Waals surface area contributed by atoms with Gasteiger partial charge in [0.25, 0.3) is 5.56 Å². The van der Waals surface area contributed by atoms with Crippen molar-refractivity contribution >= 4 is 0 Å². The lowest BCUT2D eigenvalue weighted by Crippen LogP contribution is -2.21. The fourth-order valence-corrected chi connectivity index (χ4v) is 1.36. The molecule has 0 radical (unpaired) electrons. The van der Waals surface area contributed by atoms with Crippen molar-refractivity contribution in [2.75, 3.05) is 0 Å². The van der Waals surface area contributed by atoms with Crippen LogP contribution in [0.25, 0.3) is 5.69 Å². The van der Waals surface area contributed by atoms with Crippen LogP contribution in [-0.4, -0.2) is 14.7 Å². The molecule has 0 saturated heterocycles. The lowest BCUT2D eigenvalue weighted by atomic mass is 10.3. The van der Waals surface area contributed by atoms with E-state index in [1.54, 1.807) is 42.9 Å². The van der Waals surface area contributed by atoms with E-state index in [1.807, 2.05) is 0 Å². The summed E-state index contributed by atoms with van der Waals surface area (Å²) in [6.45, 7) is -0.250. The van der Waals surface area contributed by atoms with Crippen molar-refractivity contribution in [3.63, 3.8) is 0 Å². The van der Waals surface area contributed by atoms with Gasteiger partial charge in [-0.1, -0.05) is 0 Å². The second kappa shape index (κ2) is 4.06. The van der Waals surface area contributed by atoms with Gasteiger partial charge in [-0.25, -0.2) is 0 Å². The maximum absolute atomic E-state index is 11.8. The molecule has 0 fully saturated rings. The maximum Gasteiger partial charge on any atom is 0.260 e. The van der Waals surface area contributed by atoms with Gasteiger partial charge in [-0.15, -0.1) is 0 Å². The summed E-state index contributed by atoms with van der Waals surface area (Å²) in [5.41, 5.74) is 0.854. The van der Waals surface area contributed by atoms with Crippen molar-refractivity contribution in [2.24, 2.45) is 0 Å². The minimum atomic E-state index is -0.250. The van der Waals surface area contributed by atoms with Crippen LogP contribution in [0.15, 0.2) is 47.7 Å². The first-order valence-corrected chi connectivity index (χ1v) is 4.55. The topological polar surface area (TPSA) is 55.1 Å². The molecule has 2 heterocycles. The zero-order chi connectivity index (χ0) is 10.7. The van der Waals surface area contributed by atoms with E-state index in [0.717, 1.165) is 0 Å². The van der Waals surface area contributed by atoms with Crippen molar-refractivity contribution < 1.29 is 5.11 Å². The van der Waals surface area contributed by atoms with Crippen LogP contribution in [0.2, 0.25) is 0 Å².